The molecule has 5 atom stereocenters. The standard InChI is InChI=1S/C10H16FNO/c1-13-5-10(11)7-2-6-4-12-9(10)8(6)3-7/h6-9,12H,2-5H2,1H3. The third-order valence-electron chi connectivity index (χ3n) is 4.34. The lowest BCUT2D eigenvalue weighted by molar-refractivity contribution is -0.0159. The summed E-state index contributed by atoms with van der Waals surface area (Å²) in [7, 11) is 1.60. The fraction of sp³-hybridized carbons (Fsp3) is 1.00. The van der Waals surface area contributed by atoms with E-state index >= 15 is 0 Å². The molecule has 1 N–H and O–H groups in total. The summed E-state index contributed by atoms with van der Waals surface area (Å²) in [5.74, 6) is 1.63. The number of fused-ring (bicyclic) bond motifs is 1. The van der Waals surface area contributed by atoms with Crippen LogP contribution in [0.25, 0.3) is 0 Å². The molecular formula is C10H16FNO. The molecule has 2 aliphatic carbocycles. The van der Waals surface area contributed by atoms with Crippen molar-refractivity contribution in [3.05, 3.63) is 0 Å². The van der Waals surface area contributed by atoms with E-state index in [0.717, 1.165) is 25.3 Å². The van der Waals surface area contributed by atoms with Crippen molar-refractivity contribution in [1.29, 1.82) is 0 Å². The molecule has 0 spiro atoms. The second-order valence-corrected chi connectivity index (χ2v) is 4.84. The van der Waals surface area contributed by atoms with Gasteiger partial charge in [0.25, 0.3) is 0 Å². The van der Waals surface area contributed by atoms with Gasteiger partial charge in [0.2, 0.25) is 0 Å². The summed E-state index contributed by atoms with van der Waals surface area (Å²) in [5.41, 5.74) is -1.06. The number of ether oxygens (including phenoxy) is 1. The average molecular weight is 185 g/mol. The highest BCUT2D eigenvalue weighted by molar-refractivity contribution is 5.17. The number of hydrogen-bond acceptors (Lipinski definition) is 2. The van der Waals surface area contributed by atoms with E-state index in [4.69, 9.17) is 4.74 Å². The number of rotatable bonds is 2. The van der Waals surface area contributed by atoms with Gasteiger partial charge in [-0.3, -0.25) is 0 Å². The molecule has 0 amide bonds. The van der Waals surface area contributed by atoms with Gasteiger partial charge in [0.15, 0.2) is 5.67 Å². The van der Waals surface area contributed by atoms with Crippen LogP contribution >= 0.6 is 0 Å². The Labute approximate surface area is 77.8 Å². The van der Waals surface area contributed by atoms with Gasteiger partial charge in [-0.05, 0) is 37.1 Å². The van der Waals surface area contributed by atoms with Crippen LogP contribution in [0.2, 0.25) is 0 Å². The van der Waals surface area contributed by atoms with Crippen LogP contribution in [-0.2, 0) is 4.74 Å². The van der Waals surface area contributed by atoms with E-state index < -0.39 is 5.67 Å². The van der Waals surface area contributed by atoms with Crippen LogP contribution in [0.1, 0.15) is 12.8 Å². The summed E-state index contributed by atoms with van der Waals surface area (Å²) >= 11 is 0. The van der Waals surface area contributed by atoms with Crippen LogP contribution in [0.5, 0.6) is 0 Å². The van der Waals surface area contributed by atoms with Gasteiger partial charge >= 0.3 is 0 Å². The summed E-state index contributed by atoms with van der Waals surface area (Å²) in [5, 5.41) is 3.33. The fourth-order valence-corrected chi connectivity index (χ4v) is 3.83. The predicted octanol–water partition coefficient (Wildman–Crippen LogP) is 0.969. The van der Waals surface area contributed by atoms with Crippen molar-refractivity contribution in [3.63, 3.8) is 0 Å². The molecular weight excluding hydrogens is 169 g/mol. The zero-order valence-electron chi connectivity index (χ0n) is 7.92. The normalized spacial score (nSPS) is 57.7. The SMILES string of the molecule is COCC1(F)C2CC3CNC1C3C2. The molecule has 5 unspecified atom stereocenters. The number of nitrogens with one attached hydrogen (secondary N) is 1. The van der Waals surface area contributed by atoms with Crippen molar-refractivity contribution >= 4 is 0 Å². The Kier molecular flexibility index (Phi) is 1.54. The van der Waals surface area contributed by atoms with Crippen LogP contribution in [0.15, 0.2) is 0 Å². The molecule has 2 saturated carbocycles. The molecule has 3 heteroatoms. The van der Waals surface area contributed by atoms with Gasteiger partial charge in [0.1, 0.15) is 0 Å². The molecule has 1 saturated heterocycles. The molecule has 0 radical (unpaired) electrons. The molecule has 3 aliphatic rings. The Bertz CT molecular complexity index is 233. The fourth-order valence-electron chi connectivity index (χ4n) is 3.83. The van der Waals surface area contributed by atoms with Crippen molar-refractivity contribution in [1.82, 2.24) is 5.32 Å². The van der Waals surface area contributed by atoms with E-state index in [0.29, 0.717) is 5.92 Å². The molecule has 3 rings (SSSR count). The largest absolute Gasteiger partial charge is 0.381 e. The summed E-state index contributed by atoms with van der Waals surface area (Å²) in [4.78, 5) is 0. The van der Waals surface area contributed by atoms with E-state index in [1.807, 2.05) is 0 Å². The second kappa shape index (κ2) is 2.45. The maximum Gasteiger partial charge on any atom is 0.152 e. The minimum Gasteiger partial charge on any atom is -0.381 e. The van der Waals surface area contributed by atoms with Gasteiger partial charge in [-0.2, -0.15) is 0 Å². The number of methoxy groups -OCH3 is 1. The maximum atomic E-state index is 14.5. The minimum absolute atomic E-state index is 0.0937. The van der Waals surface area contributed by atoms with Crippen molar-refractivity contribution in [2.45, 2.75) is 24.6 Å². The molecule has 0 aromatic heterocycles. The quantitative estimate of drug-likeness (QED) is 0.692. The Morgan fingerprint density at radius 1 is 1.54 bits per heavy atom. The first kappa shape index (κ1) is 8.18. The molecule has 1 heterocycles. The molecule has 0 aromatic rings. The zero-order valence-corrected chi connectivity index (χ0v) is 7.92. The molecule has 2 nitrogen and oxygen atoms in total. The van der Waals surface area contributed by atoms with Gasteiger partial charge < -0.3 is 10.1 Å². The zero-order chi connectivity index (χ0) is 9.05. The Morgan fingerprint density at radius 2 is 2.38 bits per heavy atom. The number of hydrogen-bond donors (Lipinski definition) is 1. The molecule has 2 bridgehead atoms. The van der Waals surface area contributed by atoms with Crippen LogP contribution < -0.4 is 5.32 Å². The highest BCUT2D eigenvalue weighted by Crippen LogP contribution is 2.58. The van der Waals surface area contributed by atoms with E-state index in [9.17, 15) is 4.39 Å². The molecule has 1 aliphatic heterocycles. The highest BCUT2D eigenvalue weighted by atomic mass is 19.1. The summed E-state index contributed by atoms with van der Waals surface area (Å²) < 4.78 is 19.5. The summed E-state index contributed by atoms with van der Waals surface area (Å²) in [6.07, 6.45) is 2.16. The highest BCUT2D eigenvalue weighted by Gasteiger charge is 2.65. The van der Waals surface area contributed by atoms with E-state index in [2.05, 4.69) is 5.32 Å². The lowest BCUT2D eigenvalue weighted by atomic mass is 9.80. The Morgan fingerprint density at radius 3 is 3.15 bits per heavy atom. The van der Waals surface area contributed by atoms with E-state index in [1.165, 1.54) is 0 Å². The smallest absolute Gasteiger partial charge is 0.152 e. The lowest BCUT2D eigenvalue weighted by Crippen LogP contribution is -2.50. The van der Waals surface area contributed by atoms with Crippen molar-refractivity contribution in [2.24, 2.45) is 17.8 Å². The van der Waals surface area contributed by atoms with Gasteiger partial charge in [0.05, 0.1) is 6.61 Å². The predicted molar refractivity (Wildman–Crippen MR) is 47.2 cm³/mol. The topological polar surface area (TPSA) is 21.3 Å². The first-order chi connectivity index (χ1) is 6.25. The second-order valence-electron chi connectivity index (χ2n) is 4.84. The Balaban J connectivity index is 1.91. The first-order valence-electron chi connectivity index (χ1n) is 5.17. The van der Waals surface area contributed by atoms with Crippen molar-refractivity contribution in [2.75, 3.05) is 20.3 Å². The van der Waals surface area contributed by atoms with Crippen molar-refractivity contribution in [3.8, 4) is 0 Å². The summed E-state index contributed by atoms with van der Waals surface area (Å²) in [6, 6.07) is 0.0937. The monoisotopic (exact) mass is 185 g/mol. The van der Waals surface area contributed by atoms with Gasteiger partial charge in [-0.1, -0.05) is 0 Å². The summed E-state index contributed by atoms with van der Waals surface area (Å²) in [6.45, 7) is 1.31. The van der Waals surface area contributed by atoms with Gasteiger partial charge in [0, 0.05) is 13.2 Å². The van der Waals surface area contributed by atoms with Crippen LogP contribution in [-0.4, -0.2) is 32.0 Å². The van der Waals surface area contributed by atoms with Crippen LogP contribution in [0.3, 0.4) is 0 Å². The van der Waals surface area contributed by atoms with Gasteiger partial charge in [-0.25, -0.2) is 4.39 Å². The minimum atomic E-state index is -1.06. The first-order valence-corrected chi connectivity index (χ1v) is 5.17. The number of halogens is 1. The molecule has 3 fully saturated rings. The van der Waals surface area contributed by atoms with Crippen molar-refractivity contribution < 1.29 is 9.13 Å². The van der Waals surface area contributed by atoms with E-state index in [-0.39, 0.29) is 18.6 Å². The van der Waals surface area contributed by atoms with Crippen LogP contribution in [0, 0.1) is 17.8 Å². The maximum absolute atomic E-state index is 14.5. The van der Waals surface area contributed by atoms with Crippen LogP contribution in [0.4, 0.5) is 4.39 Å². The Hall–Kier alpha value is -0.150. The molecule has 74 valence electrons. The lowest BCUT2D eigenvalue weighted by Gasteiger charge is -2.34. The third kappa shape index (κ3) is 0.847. The van der Waals surface area contributed by atoms with Gasteiger partial charge in [-0.15, -0.1) is 0 Å². The molecule has 0 aromatic carbocycles. The van der Waals surface area contributed by atoms with E-state index in [1.54, 1.807) is 7.11 Å². The third-order valence-corrected chi connectivity index (χ3v) is 4.34. The molecule has 13 heavy (non-hydrogen) atoms. The average Bonchev–Trinajstić information content (AvgIpc) is 2.63. The number of alkyl halides is 1.